The number of anilines is 2. The molecule has 17 heavy (non-hydrogen) atoms. The van der Waals surface area contributed by atoms with Crippen molar-refractivity contribution in [2.24, 2.45) is 0 Å². The van der Waals surface area contributed by atoms with E-state index in [1.165, 1.54) is 12.5 Å². The fourth-order valence-electron chi connectivity index (χ4n) is 1.56. The molecule has 1 aliphatic rings. The minimum Gasteiger partial charge on any atom is -0.424 e. The molecule has 3 rings (SSSR count). The molecule has 0 unspecified atom stereocenters. The van der Waals surface area contributed by atoms with Crippen molar-refractivity contribution in [3.8, 4) is 0 Å². The molecule has 2 N–H and O–H groups in total. The smallest absolute Gasteiger partial charge is 0.272 e. The van der Waals surface area contributed by atoms with Gasteiger partial charge in [-0.3, -0.25) is 4.79 Å². The van der Waals surface area contributed by atoms with Crippen molar-refractivity contribution < 1.29 is 9.21 Å². The number of para-hydroxylation sites is 2. The largest absolute Gasteiger partial charge is 0.424 e. The van der Waals surface area contributed by atoms with Gasteiger partial charge in [0.2, 0.25) is 12.3 Å². The number of fused-ring (bicyclic) bond motifs is 1. The predicted octanol–water partition coefficient (Wildman–Crippen LogP) is 1.47. The van der Waals surface area contributed by atoms with Gasteiger partial charge in [-0.2, -0.15) is 0 Å². The summed E-state index contributed by atoms with van der Waals surface area (Å²) < 4.78 is 4.95. The molecule has 0 saturated carbocycles. The van der Waals surface area contributed by atoms with E-state index < -0.39 is 0 Å². The molecule has 0 aliphatic carbocycles. The first-order chi connectivity index (χ1) is 8.33. The van der Waals surface area contributed by atoms with Crippen molar-refractivity contribution >= 4 is 23.4 Å². The molecule has 1 aromatic heterocycles. The molecule has 6 nitrogen and oxygen atoms in total. The standard InChI is InChI=1S/C11H8N4O2/c16-11-9(5-10-15-12-6-17-10)13-7-3-1-2-4-8(7)14-11/h1-6,13H,(H,14,16)/b9-5-. The molecule has 0 atom stereocenters. The van der Waals surface area contributed by atoms with Gasteiger partial charge >= 0.3 is 0 Å². The third kappa shape index (κ3) is 1.76. The van der Waals surface area contributed by atoms with Gasteiger partial charge in [-0.05, 0) is 12.1 Å². The van der Waals surface area contributed by atoms with Gasteiger partial charge in [-0.25, -0.2) is 0 Å². The SMILES string of the molecule is O=C1Nc2ccccc2N/C1=C\c1nnco1. The van der Waals surface area contributed by atoms with E-state index in [0.29, 0.717) is 5.70 Å². The summed E-state index contributed by atoms with van der Waals surface area (Å²) in [4.78, 5) is 11.8. The van der Waals surface area contributed by atoms with Crippen LogP contribution in [0.2, 0.25) is 0 Å². The summed E-state index contributed by atoms with van der Waals surface area (Å²) in [5, 5.41) is 13.0. The molecule has 2 aromatic rings. The minimum atomic E-state index is -0.234. The molecule has 84 valence electrons. The molecule has 0 radical (unpaired) electrons. The third-order valence-corrected chi connectivity index (χ3v) is 2.33. The fraction of sp³-hybridized carbons (Fsp3) is 0. The average molecular weight is 228 g/mol. The van der Waals surface area contributed by atoms with Crippen LogP contribution in [0.3, 0.4) is 0 Å². The zero-order valence-electron chi connectivity index (χ0n) is 8.68. The lowest BCUT2D eigenvalue weighted by molar-refractivity contribution is -0.112. The van der Waals surface area contributed by atoms with Crippen LogP contribution in [0.5, 0.6) is 0 Å². The predicted molar refractivity (Wildman–Crippen MR) is 61.0 cm³/mol. The van der Waals surface area contributed by atoms with Gasteiger partial charge in [-0.1, -0.05) is 12.1 Å². The van der Waals surface area contributed by atoms with Crippen molar-refractivity contribution in [2.75, 3.05) is 10.6 Å². The Morgan fingerprint density at radius 3 is 2.65 bits per heavy atom. The summed E-state index contributed by atoms with van der Waals surface area (Å²) in [5.41, 5.74) is 1.95. The van der Waals surface area contributed by atoms with Gasteiger partial charge in [0.25, 0.3) is 5.91 Å². The van der Waals surface area contributed by atoms with Crippen LogP contribution in [0.1, 0.15) is 5.89 Å². The molecule has 0 saturated heterocycles. The van der Waals surface area contributed by atoms with Gasteiger partial charge in [0, 0.05) is 6.08 Å². The van der Waals surface area contributed by atoms with E-state index >= 15 is 0 Å². The zero-order valence-corrected chi connectivity index (χ0v) is 8.68. The molecule has 6 heteroatoms. The lowest BCUT2D eigenvalue weighted by Gasteiger charge is -2.20. The lowest BCUT2D eigenvalue weighted by Crippen LogP contribution is -2.25. The Bertz CT molecular complexity index is 589. The van der Waals surface area contributed by atoms with Gasteiger partial charge in [0.05, 0.1) is 11.4 Å². The molecular formula is C11H8N4O2. The van der Waals surface area contributed by atoms with E-state index in [-0.39, 0.29) is 11.8 Å². The van der Waals surface area contributed by atoms with E-state index in [1.807, 2.05) is 24.3 Å². The van der Waals surface area contributed by atoms with E-state index in [0.717, 1.165) is 11.4 Å². The van der Waals surface area contributed by atoms with Crippen molar-refractivity contribution in [3.05, 3.63) is 42.2 Å². The Balaban J connectivity index is 1.97. The number of rotatable bonds is 1. The Kier molecular flexibility index (Phi) is 2.11. The topological polar surface area (TPSA) is 80.0 Å². The number of carbonyl (C=O) groups excluding carboxylic acids is 1. The third-order valence-electron chi connectivity index (χ3n) is 2.33. The Morgan fingerprint density at radius 1 is 1.18 bits per heavy atom. The normalized spacial score (nSPS) is 16.2. The summed E-state index contributed by atoms with van der Waals surface area (Å²) in [6.07, 6.45) is 2.71. The Labute approximate surface area is 96.4 Å². The van der Waals surface area contributed by atoms with Crippen LogP contribution in [-0.4, -0.2) is 16.1 Å². The second-order valence-corrected chi connectivity index (χ2v) is 3.46. The van der Waals surface area contributed by atoms with Crippen LogP contribution in [0, 0.1) is 0 Å². The highest BCUT2D eigenvalue weighted by atomic mass is 16.4. The molecule has 0 bridgehead atoms. The van der Waals surface area contributed by atoms with E-state index in [4.69, 9.17) is 4.42 Å². The van der Waals surface area contributed by atoms with Crippen LogP contribution in [-0.2, 0) is 4.79 Å². The van der Waals surface area contributed by atoms with Gasteiger partial charge < -0.3 is 15.1 Å². The number of benzene rings is 1. The number of amides is 1. The van der Waals surface area contributed by atoms with Crippen LogP contribution in [0.15, 0.2) is 40.8 Å². The maximum Gasteiger partial charge on any atom is 0.272 e. The van der Waals surface area contributed by atoms with Crippen LogP contribution in [0.25, 0.3) is 6.08 Å². The molecule has 1 aliphatic heterocycles. The quantitative estimate of drug-likeness (QED) is 0.722. The summed E-state index contributed by atoms with van der Waals surface area (Å²) in [6.45, 7) is 0. The summed E-state index contributed by atoms with van der Waals surface area (Å²) in [5.74, 6) is 0.0453. The summed E-state index contributed by atoms with van der Waals surface area (Å²) in [6, 6.07) is 7.43. The number of hydrogen-bond donors (Lipinski definition) is 2. The van der Waals surface area contributed by atoms with Gasteiger partial charge in [0.15, 0.2) is 0 Å². The highest BCUT2D eigenvalue weighted by molar-refractivity contribution is 6.13. The second-order valence-electron chi connectivity index (χ2n) is 3.46. The summed E-state index contributed by atoms with van der Waals surface area (Å²) in [7, 11) is 0. The zero-order chi connectivity index (χ0) is 11.7. The number of hydrogen-bond acceptors (Lipinski definition) is 5. The molecule has 1 aromatic carbocycles. The van der Waals surface area contributed by atoms with Crippen molar-refractivity contribution in [2.45, 2.75) is 0 Å². The van der Waals surface area contributed by atoms with Crippen LogP contribution < -0.4 is 10.6 Å². The Morgan fingerprint density at radius 2 is 1.94 bits per heavy atom. The number of carbonyl (C=O) groups is 1. The van der Waals surface area contributed by atoms with E-state index in [9.17, 15) is 4.79 Å². The first kappa shape index (κ1) is 9.59. The fourth-order valence-corrected chi connectivity index (χ4v) is 1.56. The number of aromatic nitrogens is 2. The summed E-state index contributed by atoms with van der Waals surface area (Å²) >= 11 is 0. The van der Waals surface area contributed by atoms with Crippen molar-refractivity contribution in [1.29, 1.82) is 0 Å². The van der Waals surface area contributed by atoms with Gasteiger partial charge in [0.1, 0.15) is 5.70 Å². The maximum atomic E-state index is 11.8. The highest BCUT2D eigenvalue weighted by Gasteiger charge is 2.19. The maximum absolute atomic E-state index is 11.8. The van der Waals surface area contributed by atoms with E-state index in [2.05, 4.69) is 20.8 Å². The first-order valence-corrected chi connectivity index (χ1v) is 4.98. The monoisotopic (exact) mass is 228 g/mol. The van der Waals surface area contributed by atoms with Crippen LogP contribution in [0.4, 0.5) is 11.4 Å². The van der Waals surface area contributed by atoms with E-state index in [1.54, 1.807) is 0 Å². The van der Waals surface area contributed by atoms with Crippen LogP contribution >= 0.6 is 0 Å². The Hall–Kier alpha value is -2.63. The molecule has 0 fully saturated rings. The molecular weight excluding hydrogens is 220 g/mol. The second kappa shape index (κ2) is 3.75. The molecule has 0 spiro atoms. The number of nitrogens with one attached hydrogen (secondary N) is 2. The first-order valence-electron chi connectivity index (χ1n) is 4.98. The molecule has 2 heterocycles. The molecule has 1 amide bonds. The lowest BCUT2D eigenvalue weighted by atomic mass is 10.2. The number of nitrogens with zero attached hydrogens (tertiary/aromatic N) is 2. The average Bonchev–Trinajstić information content (AvgIpc) is 2.83. The van der Waals surface area contributed by atoms with Crippen molar-refractivity contribution in [3.63, 3.8) is 0 Å². The van der Waals surface area contributed by atoms with Gasteiger partial charge in [-0.15, -0.1) is 10.2 Å². The highest BCUT2D eigenvalue weighted by Crippen LogP contribution is 2.27. The minimum absolute atomic E-state index is 0.234. The van der Waals surface area contributed by atoms with Crippen molar-refractivity contribution in [1.82, 2.24) is 10.2 Å².